The van der Waals surface area contributed by atoms with Crippen LogP contribution in [0.25, 0.3) is 0 Å². The number of fused-ring (bicyclic) bond motifs is 5. The second-order valence-electron chi connectivity index (χ2n) is 15.3. The fourth-order valence-corrected chi connectivity index (χ4v) is 17.2. The molecule has 218 valence electrons. The van der Waals surface area contributed by atoms with Crippen LogP contribution in [-0.4, -0.2) is 53.7 Å². The topological polar surface area (TPSA) is 52.6 Å². The van der Waals surface area contributed by atoms with Crippen molar-refractivity contribution in [3.63, 3.8) is 0 Å². The van der Waals surface area contributed by atoms with Crippen molar-refractivity contribution >= 4 is 41.5 Å². The third-order valence-corrected chi connectivity index (χ3v) is 19.5. The molecule has 1 aromatic carbocycles. The molecule has 2 saturated heterocycles. The van der Waals surface area contributed by atoms with Gasteiger partial charge in [-0.15, -0.1) is 0 Å². The first kappa shape index (κ1) is 28.3. The van der Waals surface area contributed by atoms with E-state index in [1.54, 1.807) is 0 Å². The Balaban J connectivity index is 1.03. The average molecular weight is 677 g/mol. The number of rotatable bonds is 7. The summed E-state index contributed by atoms with van der Waals surface area (Å²) < 4.78 is 13.9. The van der Waals surface area contributed by atoms with Crippen LogP contribution < -0.4 is 0 Å². The number of hydrogen-bond acceptors (Lipinski definition) is 4. The third-order valence-electron chi connectivity index (χ3n) is 13.4. The Labute approximate surface area is 253 Å². The molecule has 0 radical (unpaired) electrons. The molecule has 40 heavy (non-hydrogen) atoms. The number of carbonyl (C=O) groups excluding carboxylic acids is 2. The van der Waals surface area contributed by atoms with Crippen molar-refractivity contribution in [1.82, 2.24) is 0 Å². The molecule has 2 heterocycles. The van der Waals surface area contributed by atoms with E-state index >= 15 is 0 Å². The second kappa shape index (κ2) is 9.26. The van der Waals surface area contributed by atoms with Gasteiger partial charge in [-0.1, -0.05) is 0 Å². The SMILES string of the molecule is CC1(C)[C@@H]2CC[C@@]1(C)C(=O)[C@H]2[Se]C[C@H]1CC2C[C@H](C[Se][C@@H]3C(=O)[C@]4(C)CC[C@H]3C4(C)C)OC2(c2ccccc2)O1. The Morgan fingerprint density at radius 2 is 1.18 bits per heavy atom. The molecule has 0 N–H and O–H groups in total. The van der Waals surface area contributed by atoms with Gasteiger partial charge in [-0.25, -0.2) is 0 Å². The molecule has 2 aliphatic heterocycles. The molecule has 0 unspecified atom stereocenters. The van der Waals surface area contributed by atoms with Crippen LogP contribution in [0, 0.1) is 39.4 Å². The van der Waals surface area contributed by atoms with Crippen molar-refractivity contribution < 1.29 is 19.1 Å². The van der Waals surface area contributed by atoms with E-state index in [0.29, 0.717) is 29.3 Å². The molecule has 0 amide bonds. The maximum atomic E-state index is 13.5. The van der Waals surface area contributed by atoms with Gasteiger partial charge in [-0.2, -0.15) is 0 Å². The summed E-state index contributed by atoms with van der Waals surface area (Å²) in [5.74, 6) is 1.82. The summed E-state index contributed by atoms with van der Waals surface area (Å²) in [6.45, 7) is 13.8. The quantitative estimate of drug-likeness (QED) is 0.295. The van der Waals surface area contributed by atoms with Gasteiger partial charge >= 0.3 is 254 Å². The van der Waals surface area contributed by atoms with Gasteiger partial charge in [-0.3, -0.25) is 0 Å². The zero-order chi connectivity index (χ0) is 28.3. The normalized spacial score (nSPS) is 47.9. The summed E-state index contributed by atoms with van der Waals surface area (Å²) in [5, 5.41) is 2.00. The Hall–Kier alpha value is -0.481. The van der Waals surface area contributed by atoms with E-state index in [-0.39, 0.29) is 73.4 Å². The van der Waals surface area contributed by atoms with Crippen molar-refractivity contribution in [3.8, 4) is 0 Å². The summed E-state index contributed by atoms with van der Waals surface area (Å²) in [5.41, 5.74) is 1.12. The van der Waals surface area contributed by atoms with E-state index in [1.807, 2.05) is 0 Å². The molecule has 4 saturated carbocycles. The molecule has 7 rings (SSSR count). The van der Waals surface area contributed by atoms with E-state index in [9.17, 15) is 9.59 Å². The Kier molecular flexibility index (Phi) is 6.55. The monoisotopic (exact) mass is 678 g/mol. The number of hydrogen-bond donors (Lipinski definition) is 0. The zero-order valence-electron chi connectivity index (χ0n) is 25.0. The fourth-order valence-electron chi connectivity index (χ4n) is 9.91. The molecular weight excluding hydrogens is 630 g/mol. The predicted octanol–water partition coefficient (Wildman–Crippen LogP) is 6.91. The predicted molar refractivity (Wildman–Crippen MR) is 158 cm³/mol. The number of carbonyl (C=O) groups is 2. The van der Waals surface area contributed by atoms with Gasteiger partial charge in [0.25, 0.3) is 0 Å². The molecular formula is C34H46O4Se2. The maximum absolute atomic E-state index is 13.5. The molecule has 6 heteroatoms. The van der Waals surface area contributed by atoms with E-state index < -0.39 is 5.79 Å². The fraction of sp³-hybridized carbons (Fsp3) is 0.765. The minimum atomic E-state index is -0.670. The average Bonchev–Trinajstić information content (AvgIpc) is 3.63. The summed E-state index contributed by atoms with van der Waals surface area (Å²) in [7, 11) is 0. The number of Topliss-reactive ketones (excluding diaryl/α,β-unsaturated/α-hetero) is 2. The molecule has 4 nitrogen and oxygen atoms in total. The van der Waals surface area contributed by atoms with Crippen molar-refractivity contribution in [3.05, 3.63) is 35.9 Å². The van der Waals surface area contributed by atoms with Crippen LogP contribution in [0.5, 0.6) is 0 Å². The Bertz CT molecular complexity index is 1140. The van der Waals surface area contributed by atoms with Crippen molar-refractivity contribution in [2.24, 2.45) is 39.4 Å². The molecule has 4 aliphatic carbocycles. The van der Waals surface area contributed by atoms with Gasteiger partial charge in [0.05, 0.1) is 0 Å². The molecule has 6 aliphatic rings. The first-order valence-electron chi connectivity index (χ1n) is 15.6. The molecule has 0 aromatic heterocycles. The van der Waals surface area contributed by atoms with Crippen LogP contribution in [0.3, 0.4) is 0 Å². The van der Waals surface area contributed by atoms with Gasteiger partial charge in [0.1, 0.15) is 0 Å². The van der Waals surface area contributed by atoms with Crippen LogP contribution in [-0.2, 0) is 24.8 Å². The summed E-state index contributed by atoms with van der Waals surface area (Å²) >= 11 is 0.512. The van der Waals surface area contributed by atoms with E-state index in [2.05, 4.69) is 71.9 Å². The van der Waals surface area contributed by atoms with Crippen LogP contribution >= 0.6 is 0 Å². The van der Waals surface area contributed by atoms with E-state index in [0.717, 1.165) is 41.9 Å². The minimum absolute atomic E-state index is 0.125. The third kappa shape index (κ3) is 3.62. The molecule has 1 aromatic rings. The Morgan fingerprint density at radius 3 is 1.57 bits per heavy atom. The van der Waals surface area contributed by atoms with E-state index in [4.69, 9.17) is 9.47 Å². The van der Waals surface area contributed by atoms with Crippen LogP contribution in [0.4, 0.5) is 0 Å². The van der Waals surface area contributed by atoms with Gasteiger partial charge in [-0.05, 0) is 0 Å². The Morgan fingerprint density at radius 1 is 0.725 bits per heavy atom. The number of ether oxygens (including phenoxy) is 2. The number of benzene rings is 1. The summed E-state index contributed by atoms with van der Waals surface area (Å²) in [4.78, 5) is 27.4. The van der Waals surface area contributed by atoms with Crippen molar-refractivity contribution in [1.29, 1.82) is 0 Å². The van der Waals surface area contributed by atoms with Gasteiger partial charge < -0.3 is 0 Å². The van der Waals surface area contributed by atoms with Crippen molar-refractivity contribution in [2.45, 2.75) is 118 Å². The number of ketones is 2. The van der Waals surface area contributed by atoms with Gasteiger partial charge in [0.15, 0.2) is 0 Å². The van der Waals surface area contributed by atoms with Crippen LogP contribution in [0.1, 0.15) is 85.6 Å². The first-order valence-corrected chi connectivity index (χ1v) is 20.0. The molecule has 8 atom stereocenters. The standard InChI is InChI=1S/C34H46O4Se2/c1-30(2)24-12-14-32(30,5)28(35)26(24)39-18-22-16-21-17-23(38-34(21,37-22)20-10-8-7-9-11-20)19-40-27-25-13-15-33(6,29(27)36)31(25,3)4/h7-11,21-27H,12-19H2,1-6H3/t21?,22-,23-,24-,25-,26+,27+,32+,33+,34?/m1/s1. The van der Waals surface area contributed by atoms with Gasteiger partial charge in [0, 0.05) is 0 Å². The van der Waals surface area contributed by atoms with Gasteiger partial charge in [0.2, 0.25) is 0 Å². The summed E-state index contributed by atoms with van der Waals surface area (Å²) in [6, 6.07) is 10.6. The zero-order valence-corrected chi connectivity index (χ0v) is 28.5. The second-order valence-corrected chi connectivity index (χ2v) is 20.2. The van der Waals surface area contributed by atoms with Crippen LogP contribution in [0.15, 0.2) is 30.3 Å². The van der Waals surface area contributed by atoms with Crippen LogP contribution in [0.2, 0.25) is 20.3 Å². The molecule has 4 bridgehead atoms. The first-order chi connectivity index (χ1) is 18.8. The summed E-state index contributed by atoms with van der Waals surface area (Å²) in [6.07, 6.45) is 6.89. The van der Waals surface area contributed by atoms with E-state index in [1.165, 1.54) is 12.8 Å². The molecule has 0 spiro atoms. The van der Waals surface area contributed by atoms with Crippen molar-refractivity contribution in [2.75, 3.05) is 0 Å². The molecule has 6 fully saturated rings.